The predicted molar refractivity (Wildman–Crippen MR) is 106 cm³/mol. The number of primary amides is 1. The van der Waals surface area contributed by atoms with Gasteiger partial charge in [-0.15, -0.1) is 0 Å². The van der Waals surface area contributed by atoms with Gasteiger partial charge in [0.15, 0.2) is 0 Å². The number of carbonyl (C=O) groups is 2. The summed E-state index contributed by atoms with van der Waals surface area (Å²) in [6, 6.07) is 24.1. The number of nitrogens with two attached hydrogens (primary N) is 1. The van der Waals surface area contributed by atoms with E-state index in [4.69, 9.17) is 10.5 Å². The highest BCUT2D eigenvalue weighted by Crippen LogP contribution is 2.29. The van der Waals surface area contributed by atoms with Gasteiger partial charge in [-0.05, 0) is 35.9 Å². The molecule has 0 spiro atoms. The van der Waals surface area contributed by atoms with Crippen LogP contribution in [0, 0.1) is 0 Å². The van der Waals surface area contributed by atoms with E-state index in [2.05, 4.69) is 5.32 Å². The van der Waals surface area contributed by atoms with Crippen molar-refractivity contribution in [2.24, 2.45) is 5.73 Å². The summed E-state index contributed by atoms with van der Waals surface area (Å²) in [5, 5.41) is 2.77. The van der Waals surface area contributed by atoms with E-state index in [1.165, 1.54) is 0 Å². The Balaban J connectivity index is 1.56. The number of ether oxygens (including phenoxy) is 1. The number of benzene rings is 3. The molecule has 2 amide bonds. The van der Waals surface area contributed by atoms with Crippen LogP contribution in [0.3, 0.4) is 0 Å². The SMILES string of the molecule is NC(=O)c1ccc(NC(=O)CCOc2ccccc2-c2ccccc2)cc1. The van der Waals surface area contributed by atoms with E-state index in [0.29, 0.717) is 11.3 Å². The van der Waals surface area contributed by atoms with Crippen LogP contribution in [-0.4, -0.2) is 18.4 Å². The molecule has 0 radical (unpaired) electrons. The van der Waals surface area contributed by atoms with Gasteiger partial charge >= 0.3 is 0 Å². The maximum atomic E-state index is 12.1. The molecule has 0 saturated heterocycles. The summed E-state index contributed by atoms with van der Waals surface area (Å²) in [5.41, 5.74) is 8.25. The molecular weight excluding hydrogens is 340 g/mol. The number of rotatable bonds is 7. The molecule has 5 nitrogen and oxygen atoms in total. The van der Waals surface area contributed by atoms with E-state index in [1.807, 2.05) is 54.6 Å². The quantitative estimate of drug-likeness (QED) is 0.671. The van der Waals surface area contributed by atoms with Crippen molar-refractivity contribution in [3.63, 3.8) is 0 Å². The Morgan fingerprint density at radius 1 is 0.852 bits per heavy atom. The van der Waals surface area contributed by atoms with Gasteiger partial charge in [0.25, 0.3) is 0 Å². The molecule has 136 valence electrons. The van der Waals surface area contributed by atoms with Crippen molar-refractivity contribution in [2.45, 2.75) is 6.42 Å². The highest BCUT2D eigenvalue weighted by atomic mass is 16.5. The fourth-order valence-corrected chi connectivity index (χ4v) is 2.64. The van der Waals surface area contributed by atoms with Gasteiger partial charge in [-0.1, -0.05) is 48.5 Å². The minimum atomic E-state index is -0.502. The summed E-state index contributed by atoms with van der Waals surface area (Å²) >= 11 is 0. The molecule has 0 saturated carbocycles. The van der Waals surface area contributed by atoms with Crippen LogP contribution >= 0.6 is 0 Å². The number of nitrogens with one attached hydrogen (secondary N) is 1. The Hall–Kier alpha value is -3.60. The van der Waals surface area contributed by atoms with Gasteiger partial charge < -0.3 is 15.8 Å². The molecule has 0 heterocycles. The molecule has 27 heavy (non-hydrogen) atoms. The molecule has 0 aliphatic carbocycles. The molecule has 0 aliphatic rings. The number of amides is 2. The summed E-state index contributed by atoms with van der Waals surface area (Å²) < 4.78 is 5.83. The lowest BCUT2D eigenvalue weighted by molar-refractivity contribution is -0.116. The van der Waals surface area contributed by atoms with Gasteiger partial charge in [-0.25, -0.2) is 0 Å². The van der Waals surface area contributed by atoms with Crippen molar-refractivity contribution < 1.29 is 14.3 Å². The highest BCUT2D eigenvalue weighted by molar-refractivity contribution is 5.94. The van der Waals surface area contributed by atoms with E-state index in [-0.39, 0.29) is 18.9 Å². The maximum absolute atomic E-state index is 12.1. The normalized spacial score (nSPS) is 10.2. The number of hydrogen-bond donors (Lipinski definition) is 2. The molecule has 0 atom stereocenters. The molecule has 3 rings (SSSR count). The van der Waals surface area contributed by atoms with Gasteiger partial charge in [0, 0.05) is 16.8 Å². The Morgan fingerprint density at radius 3 is 2.22 bits per heavy atom. The summed E-state index contributed by atoms with van der Waals surface area (Å²) in [5.74, 6) is 0.0692. The Morgan fingerprint density at radius 2 is 1.52 bits per heavy atom. The molecule has 0 aromatic heterocycles. The summed E-state index contributed by atoms with van der Waals surface area (Å²) in [4.78, 5) is 23.2. The van der Waals surface area contributed by atoms with E-state index in [0.717, 1.165) is 16.9 Å². The average molecular weight is 360 g/mol. The second-order valence-electron chi connectivity index (χ2n) is 5.95. The molecule has 0 aliphatic heterocycles. The van der Waals surface area contributed by atoms with Crippen LogP contribution in [0.15, 0.2) is 78.9 Å². The number of hydrogen-bond acceptors (Lipinski definition) is 3. The van der Waals surface area contributed by atoms with Crippen LogP contribution in [0.2, 0.25) is 0 Å². The number of carbonyl (C=O) groups excluding carboxylic acids is 2. The Labute approximate surface area is 157 Å². The topological polar surface area (TPSA) is 81.4 Å². The van der Waals surface area contributed by atoms with Gasteiger partial charge in [-0.3, -0.25) is 9.59 Å². The second kappa shape index (κ2) is 8.67. The minimum Gasteiger partial charge on any atom is -0.492 e. The van der Waals surface area contributed by atoms with Crippen LogP contribution in [0.5, 0.6) is 5.75 Å². The van der Waals surface area contributed by atoms with Crippen molar-refractivity contribution in [2.75, 3.05) is 11.9 Å². The molecule has 0 fully saturated rings. The van der Waals surface area contributed by atoms with E-state index < -0.39 is 5.91 Å². The van der Waals surface area contributed by atoms with Crippen LogP contribution in [0.1, 0.15) is 16.8 Å². The molecule has 0 bridgehead atoms. The van der Waals surface area contributed by atoms with Gasteiger partial charge in [0.1, 0.15) is 5.75 Å². The first kappa shape index (κ1) is 18.2. The van der Waals surface area contributed by atoms with Gasteiger partial charge in [0.05, 0.1) is 13.0 Å². The van der Waals surface area contributed by atoms with Crippen molar-refractivity contribution >= 4 is 17.5 Å². The maximum Gasteiger partial charge on any atom is 0.248 e. The number of para-hydroxylation sites is 1. The van der Waals surface area contributed by atoms with Crippen molar-refractivity contribution in [3.8, 4) is 16.9 Å². The summed E-state index contributed by atoms with van der Waals surface area (Å²) in [6.45, 7) is 0.259. The van der Waals surface area contributed by atoms with Gasteiger partial charge in [-0.2, -0.15) is 0 Å². The fourth-order valence-electron chi connectivity index (χ4n) is 2.64. The van der Waals surface area contributed by atoms with E-state index in [1.54, 1.807) is 24.3 Å². The third kappa shape index (κ3) is 4.95. The first-order valence-corrected chi connectivity index (χ1v) is 8.60. The molecule has 3 N–H and O–H groups in total. The van der Waals surface area contributed by atoms with E-state index >= 15 is 0 Å². The zero-order valence-corrected chi connectivity index (χ0v) is 14.7. The first-order valence-electron chi connectivity index (χ1n) is 8.60. The van der Waals surface area contributed by atoms with E-state index in [9.17, 15) is 9.59 Å². The second-order valence-corrected chi connectivity index (χ2v) is 5.95. The standard InChI is InChI=1S/C22H20N2O3/c23-22(26)17-10-12-18(13-11-17)24-21(25)14-15-27-20-9-5-4-8-19(20)16-6-2-1-3-7-16/h1-13H,14-15H2,(H2,23,26)(H,24,25). The van der Waals surface area contributed by atoms with Crippen molar-refractivity contribution in [1.82, 2.24) is 0 Å². The van der Waals surface area contributed by atoms with Crippen molar-refractivity contribution in [1.29, 1.82) is 0 Å². The Bertz CT molecular complexity index is 922. The van der Waals surface area contributed by atoms with Crippen LogP contribution in [0.4, 0.5) is 5.69 Å². The van der Waals surface area contributed by atoms with Gasteiger partial charge in [0.2, 0.25) is 11.8 Å². The molecule has 5 heteroatoms. The third-order valence-corrected chi connectivity index (χ3v) is 4.01. The zero-order chi connectivity index (χ0) is 19.1. The number of anilines is 1. The zero-order valence-electron chi connectivity index (χ0n) is 14.7. The Kier molecular flexibility index (Phi) is 5.84. The average Bonchev–Trinajstić information content (AvgIpc) is 2.69. The monoisotopic (exact) mass is 360 g/mol. The lowest BCUT2D eigenvalue weighted by Gasteiger charge is -2.12. The highest BCUT2D eigenvalue weighted by Gasteiger charge is 2.08. The molecule has 3 aromatic carbocycles. The lowest BCUT2D eigenvalue weighted by atomic mass is 10.1. The predicted octanol–water partition coefficient (Wildman–Crippen LogP) is 3.86. The van der Waals surface area contributed by atoms with Crippen LogP contribution < -0.4 is 15.8 Å². The summed E-state index contributed by atoms with van der Waals surface area (Å²) in [6.07, 6.45) is 0.209. The van der Waals surface area contributed by atoms with Crippen molar-refractivity contribution in [3.05, 3.63) is 84.4 Å². The smallest absolute Gasteiger partial charge is 0.248 e. The first-order chi connectivity index (χ1) is 13.1. The van der Waals surface area contributed by atoms with Crippen LogP contribution in [-0.2, 0) is 4.79 Å². The fraction of sp³-hybridized carbons (Fsp3) is 0.0909. The van der Waals surface area contributed by atoms with Crippen LogP contribution in [0.25, 0.3) is 11.1 Å². The molecular formula is C22H20N2O3. The minimum absolute atomic E-state index is 0.168. The molecule has 0 unspecified atom stereocenters. The largest absolute Gasteiger partial charge is 0.492 e. The summed E-state index contributed by atoms with van der Waals surface area (Å²) in [7, 11) is 0. The third-order valence-electron chi connectivity index (χ3n) is 4.01. The lowest BCUT2D eigenvalue weighted by Crippen LogP contribution is -2.16. The molecule has 3 aromatic rings.